The molecule has 7 nitrogen and oxygen atoms in total. The van der Waals surface area contributed by atoms with Crippen molar-refractivity contribution in [3.63, 3.8) is 0 Å². The van der Waals surface area contributed by atoms with Gasteiger partial charge in [0.05, 0.1) is 6.61 Å². The van der Waals surface area contributed by atoms with E-state index >= 15 is 0 Å². The lowest BCUT2D eigenvalue weighted by atomic mass is 10.2. The topological polar surface area (TPSA) is 94.3 Å². The number of hydrogen-bond acceptors (Lipinski definition) is 7. The number of ether oxygens (including phenoxy) is 1. The molecule has 0 fully saturated rings. The van der Waals surface area contributed by atoms with Gasteiger partial charge in [0.2, 0.25) is 5.89 Å². The van der Waals surface area contributed by atoms with Gasteiger partial charge in [-0.3, -0.25) is 0 Å². The standard InChI is InChI=1S/C12H23N3O4S/c1-5-6-13-10(8-18-3)7-11-14-12(15-19-11)9(2)20(4,16)17/h9-10,13H,5-8H2,1-4H3. The SMILES string of the molecule is CCCNC(COC)Cc1nc(C(C)S(C)(=O)=O)no1. The summed E-state index contributed by atoms with van der Waals surface area (Å²) in [4.78, 5) is 4.15. The van der Waals surface area contributed by atoms with Crippen LogP contribution in [0.25, 0.3) is 0 Å². The maximum atomic E-state index is 11.5. The molecule has 8 heteroatoms. The maximum Gasteiger partial charge on any atom is 0.228 e. The van der Waals surface area contributed by atoms with Gasteiger partial charge in [-0.1, -0.05) is 12.1 Å². The second kappa shape index (κ2) is 7.70. The van der Waals surface area contributed by atoms with Crippen LogP contribution in [-0.4, -0.2) is 51.1 Å². The van der Waals surface area contributed by atoms with Crippen LogP contribution in [0, 0.1) is 0 Å². The van der Waals surface area contributed by atoms with Crippen LogP contribution >= 0.6 is 0 Å². The second-order valence-corrected chi connectivity index (χ2v) is 7.19. The molecule has 0 aromatic carbocycles. The Labute approximate surface area is 120 Å². The minimum absolute atomic E-state index is 0.0711. The number of aromatic nitrogens is 2. The van der Waals surface area contributed by atoms with Gasteiger partial charge in [0.15, 0.2) is 15.7 Å². The third kappa shape index (κ3) is 5.18. The van der Waals surface area contributed by atoms with E-state index in [1.165, 1.54) is 0 Å². The molecule has 1 rings (SSSR count). The molecule has 1 heterocycles. The van der Waals surface area contributed by atoms with Crippen molar-refractivity contribution in [1.82, 2.24) is 15.5 Å². The molecule has 116 valence electrons. The molecule has 2 unspecified atom stereocenters. The van der Waals surface area contributed by atoms with Gasteiger partial charge in [0, 0.05) is 25.8 Å². The first kappa shape index (κ1) is 17.1. The van der Waals surface area contributed by atoms with Gasteiger partial charge in [0.25, 0.3) is 0 Å². The van der Waals surface area contributed by atoms with E-state index in [-0.39, 0.29) is 11.9 Å². The van der Waals surface area contributed by atoms with Crippen molar-refractivity contribution in [3.05, 3.63) is 11.7 Å². The minimum Gasteiger partial charge on any atom is -0.383 e. The van der Waals surface area contributed by atoms with Crippen LogP contribution in [0.5, 0.6) is 0 Å². The Hall–Kier alpha value is -0.990. The Kier molecular flexibility index (Phi) is 6.57. The van der Waals surface area contributed by atoms with Crippen molar-refractivity contribution in [2.45, 2.75) is 38.0 Å². The normalized spacial score (nSPS) is 15.2. The lowest BCUT2D eigenvalue weighted by Gasteiger charge is -2.15. The minimum atomic E-state index is -3.22. The summed E-state index contributed by atoms with van der Waals surface area (Å²) in [5.41, 5.74) is 0. The first-order valence-corrected chi connectivity index (χ1v) is 8.57. The summed E-state index contributed by atoms with van der Waals surface area (Å²) in [6, 6.07) is 0.0711. The van der Waals surface area contributed by atoms with Crippen LogP contribution < -0.4 is 5.32 Å². The molecule has 0 radical (unpaired) electrons. The third-order valence-electron chi connectivity index (χ3n) is 2.96. The van der Waals surface area contributed by atoms with E-state index in [2.05, 4.69) is 22.4 Å². The molecule has 0 aliphatic rings. The largest absolute Gasteiger partial charge is 0.383 e. The smallest absolute Gasteiger partial charge is 0.228 e. The lowest BCUT2D eigenvalue weighted by molar-refractivity contribution is 0.161. The van der Waals surface area contributed by atoms with E-state index in [4.69, 9.17) is 9.26 Å². The van der Waals surface area contributed by atoms with Crippen LogP contribution in [0.4, 0.5) is 0 Å². The summed E-state index contributed by atoms with van der Waals surface area (Å²) in [6.07, 6.45) is 2.68. The van der Waals surface area contributed by atoms with Gasteiger partial charge in [-0.2, -0.15) is 4.98 Å². The zero-order valence-electron chi connectivity index (χ0n) is 12.4. The highest BCUT2D eigenvalue weighted by Gasteiger charge is 2.23. The second-order valence-electron chi connectivity index (χ2n) is 4.83. The van der Waals surface area contributed by atoms with Crippen LogP contribution in [0.2, 0.25) is 0 Å². The molecule has 0 saturated heterocycles. The van der Waals surface area contributed by atoms with Crippen LogP contribution in [0.1, 0.15) is 37.2 Å². The van der Waals surface area contributed by atoms with E-state index in [0.29, 0.717) is 18.9 Å². The number of rotatable bonds is 9. The molecule has 0 bridgehead atoms. The van der Waals surface area contributed by atoms with Gasteiger partial charge in [-0.05, 0) is 19.9 Å². The molecule has 0 aliphatic carbocycles. The van der Waals surface area contributed by atoms with Crippen molar-refractivity contribution in [1.29, 1.82) is 0 Å². The van der Waals surface area contributed by atoms with E-state index in [1.807, 2.05) is 0 Å². The number of nitrogens with one attached hydrogen (secondary N) is 1. The number of methoxy groups -OCH3 is 1. The molecule has 1 aromatic heterocycles. The fraction of sp³-hybridized carbons (Fsp3) is 0.833. The summed E-state index contributed by atoms with van der Waals surface area (Å²) in [5.74, 6) is 0.621. The van der Waals surface area contributed by atoms with Crippen molar-refractivity contribution < 1.29 is 17.7 Å². The van der Waals surface area contributed by atoms with Crippen LogP contribution in [0.3, 0.4) is 0 Å². The van der Waals surface area contributed by atoms with Gasteiger partial charge in [-0.25, -0.2) is 8.42 Å². The Morgan fingerprint density at radius 3 is 2.70 bits per heavy atom. The summed E-state index contributed by atoms with van der Waals surface area (Å²) in [7, 11) is -1.59. The Balaban J connectivity index is 2.70. The third-order valence-corrected chi connectivity index (χ3v) is 4.46. The average Bonchev–Trinajstić information content (AvgIpc) is 2.82. The molecule has 0 amide bonds. The monoisotopic (exact) mass is 305 g/mol. The predicted molar refractivity (Wildman–Crippen MR) is 75.2 cm³/mol. The Bertz CT molecular complexity index is 501. The highest BCUT2D eigenvalue weighted by Crippen LogP contribution is 2.17. The molecule has 1 N–H and O–H groups in total. The molecule has 0 spiro atoms. The summed E-state index contributed by atoms with van der Waals surface area (Å²) in [5, 5.41) is 6.30. The van der Waals surface area contributed by atoms with E-state index in [9.17, 15) is 8.42 Å². The first-order chi connectivity index (χ1) is 9.38. The quantitative estimate of drug-likeness (QED) is 0.718. The van der Waals surface area contributed by atoms with Crippen molar-refractivity contribution in [2.75, 3.05) is 26.5 Å². The molecule has 0 aliphatic heterocycles. The molecular weight excluding hydrogens is 282 g/mol. The fourth-order valence-electron chi connectivity index (χ4n) is 1.66. The van der Waals surface area contributed by atoms with E-state index in [0.717, 1.165) is 19.2 Å². The number of nitrogens with zero attached hydrogens (tertiary/aromatic N) is 2. The van der Waals surface area contributed by atoms with Gasteiger partial charge in [-0.15, -0.1) is 0 Å². The van der Waals surface area contributed by atoms with Crippen molar-refractivity contribution in [3.8, 4) is 0 Å². The van der Waals surface area contributed by atoms with Crippen molar-refractivity contribution in [2.24, 2.45) is 0 Å². The predicted octanol–water partition coefficient (Wildman–Crippen LogP) is 0.732. The Morgan fingerprint density at radius 1 is 1.45 bits per heavy atom. The van der Waals surface area contributed by atoms with E-state index < -0.39 is 15.1 Å². The first-order valence-electron chi connectivity index (χ1n) is 6.62. The Morgan fingerprint density at radius 2 is 2.15 bits per heavy atom. The highest BCUT2D eigenvalue weighted by atomic mass is 32.2. The molecule has 2 atom stereocenters. The summed E-state index contributed by atoms with van der Waals surface area (Å²) < 4.78 is 33.2. The zero-order valence-corrected chi connectivity index (χ0v) is 13.2. The van der Waals surface area contributed by atoms with Crippen LogP contribution in [-0.2, 0) is 21.0 Å². The maximum absolute atomic E-state index is 11.5. The molecular formula is C12H23N3O4S. The van der Waals surface area contributed by atoms with Gasteiger partial charge < -0.3 is 14.6 Å². The van der Waals surface area contributed by atoms with E-state index in [1.54, 1.807) is 14.0 Å². The summed E-state index contributed by atoms with van der Waals surface area (Å²) in [6.45, 7) is 5.02. The zero-order chi connectivity index (χ0) is 15.2. The van der Waals surface area contributed by atoms with Crippen LogP contribution in [0.15, 0.2) is 4.52 Å². The average molecular weight is 305 g/mol. The highest BCUT2D eigenvalue weighted by molar-refractivity contribution is 7.90. The number of sulfone groups is 1. The number of hydrogen-bond donors (Lipinski definition) is 1. The summed E-state index contributed by atoms with van der Waals surface area (Å²) >= 11 is 0. The van der Waals surface area contributed by atoms with Gasteiger partial charge in [0.1, 0.15) is 5.25 Å². The molecule has 20 heavy (non-hydrogen) atoms. The molecule has 1 aromatic rings. The van der Waals surface area contributed by atoms with Gasteiger partial charge >= 0.3 is 0 Å². The fourth-order valence-corrected chi connectivity index (χ4v) is 2.14. The molecule has 0 saturated carbocycles. The van der Waals surface area contributed by atoms with Crippen molar-refractivity contribution >= 4 is 9.84 Å². The lowest BCUT2D eigenvalue weighted by Crippen LogP contribution is -2.35.